The van der Waals surface area contributed by atoms with Crippen molar-refractivity contribution in [2.24, 2.45) is 5.92 Å². The van der Waals surface area contributed by atoms with Gasteiger partial charge in [-0.2, -0.15) is 0 Å². The van der Waals surface area contributed by atoms with E-state index in [0.717, 1.165) is 19.4 Å². The first-order valence-electron chi connectivity index (χ1n) is 12.3. The summed E-state index contributed by atoms with van der Waals surface area (Å²) >= 11 is 0. The maximum atomic E-state index is 2.83. The molecule has 0 radical (unpaired) electrons. The Hall–Kier alpha value is -2.42. The third-order valence-electron chi connectivity index (χ3n) is 7.15. The molecule has 2 heteroatoms. The van der Waals surface area contributed by atoms with Gasteiger partial charge in [-0.1, -0.05) is 119 Å². The summed E-state index contributed by atoms with van der Waals surface area (Å²) in [6, 6.07) is 34.7. The van der Waals surface area contributed by atoms with Crippen LogP contribution < -0.4 is 0 Å². The van der Waals surface area contributed by atoms with Gasteiger partial charge in [-0.3, -0.25) is 9.80 Å². The van der Waals surface area contributed by atoms with Crippen LogP contribution in [0.15, 0.2) is 91.0 Å². The largest absolute Gasteiger partial charge is 0.275 e. The topological polar surface area (TPSA) is 6.48 Å². The SMILES string of the molecule is CC[C@@H](c1ccccc1)N1C[C@@H](C(C)C)N([C@@H](CC)c2ccccc2)C1c1ccccc1. The Balaban J connectivity index is 1.84. The highest BCUT2D eigenvalue weighted by Crippen LogP contribution is 2.47. The maximum Gasteiger partial charge on any atom is 0.0899 e. The van der Waals surface area contributed by atoms with Crippen LogP contribution in [-0.4, -0.2) is 22.4 Å². The Bertz CT molecular complexity index is 938. The number of nitrogens with zero attached hydrogens (tertiary/aromatic N) is 2. The molecule has 2 nitrogen and oxygen atoms in total. The third kappa shape index (κ3) is 4.53. The van der Waals surface area contributed by atoms with E-state index in [1.165, 1.54) is 16.7 Å². The Morgan fingerprint density at radius 3 is 1.62 bits per heavy atom. The molecule has 1 saturated heterocycles. The van der Waals surface area contributed by atoms with Gasteiger partial charge in [0.15, 0.2) is 0 Å². The normalized spacial score (nSPS) is 21.7. The fourth-order valence-corrected chi connectivity index (χ4v) is 5.64. The molecule has 1 aliphatic rings. The van der Waals surface area contributed by atoms with Gasteiger partial charge in [0, 0.05) is 24.7 Å². The standard InChI is InChI=1S/C30H38N2/c1-5-27(24-16-10-7-11-17-24)31-22-29(23(3)4)32(30(31)26-20-14-9-15-21-26)28(6-2)25-18-12-8-13-19-25/h7-21,23,27-30H,5-6,22H2,1-4H3/t27-,28-,29-,30?/m0/s1. The van der Waals surface area contributed by atoms with Gasteiger partial charge in [0.05, 0.1) is 6.17 Å². The van der Waals surface area contributed by atoms with E-state index in [-0.39, 0.29) is 6.17 Å². The predicted octanol–water partition coefficient (Wildman–Crippen LogP) is 7.63. The molecular formula is C30H38N2. The van der Waals surface area contributed by atoms with Crippen LogP contribution in [-0.2, 0) is 0 Å². The fraction of sp³-hybridized carbons (Fsp3) is 0.400. The minimum Gasteiger partial charge on any atom is -0.275 e. The van der Waals surface area contributed by atoms with Crippen molar-refractivity contribution in [2.75, 3.05) is 6.54 Å². The first kappa shape index (κ1) is 22.8. The molecule has 4 rings (SSSR count). The minimum atomic E-state index is 0.263. The lowest BCUT2D eigenvalue weighted by atomic mass is 9.96. The zero-order valence-electron chi connectivity index (χ0n) is 20.1. The van der Waals surface area contributed by atoms with E-state index in [4.69, 9.17) is 0 Å². The predicted molar refractivity (Wildman–Crippen MR) is 135 cm³/mol. The fourth-order valence-electron chi connectivity index (χ4n) is 5.64. The Morgan fingerprint density at radius 2 is 1.16 bits per heavy atom. The van der Waals surface area contributed by atoms with Crippen molar-refractivity contribution in [3.8, 4) is 0 Å². The van der Waals surface area contributed by atoms with Crippen molar-refractivity contribution >= 4 is 0 Å². The summed E-state index contributed by atoms with van der Waals surface area (Å²) in [4.78, 5) is 5.61. The van der Waals surface area contributed by atoms with E-state index >= 15 is 0 Å². The quantitative estimate of drug-likeness (QED) is 0.365. The smallest absolute Gasteiger partial charge is 0.0899 e. The van der Waals surface area contributed by atoms with E-state index < -0.39 is 0 Å². The molecule has 1 aliphatic heterocycles. The first-order chi connectivity index (χ1) is 15.7. The molecule has 0 saturated carbocycles. The molecule has 3 aromatic rings. The molecule has 4 atom stereocenters. The summed E-state index contributed by atoms with van der Waals surface area (Å²) in [6.07, 6.45) is 2.47. The summed E-state index contributed by atoms with van der Waals surface area (Å²) < 4.78 is 0. The number of hydrogen-bond acceptors (Lipinski definition) is 2. The highest BCUT2D eigenvalue weighted by atomic mass is 15.5. The van der Waals surface area contributed by atoms with Crippen molar-refractivity contribution in [3.63, 3.8) is 0 Å². The lowest BCUT2D eigenvalue weighted by Gasteiger charge is -2.41. The Labute approximate surface area is 194 Å². The van der Waals surface area contributed by atoms with E-state index in [0.29, 0.717) is 24.0 Å². The van der Waals surface area contributed by atoms with E-state index in [9.17, 15) is 0 Å². The molecule has 0 N–H and O–H groups in total. The van der Waals surface area contributed by atoms with Gasteiger partial charge in [-0.15, -0.1) is 0 Å². The second kappa shape index (κ2) is 10.5. The van der Waals surface area contributed by atoms with Gasteiger partial charge in [-0.05, 0) is 35.4 Å². The van der Waals surface area contributed by atoms with Gasteiger partial charge in [0.2, 0.25) is 0 Å². The van der Waals surface area contributed by atoms with Gasteiger partial charge in [0.25, 0.3) is 0 Å². The average molecular weight is 427 g/mol. The van der Waals surface area contributed by atoms with E-state index in [2.05, 4.69) is 128 Å². The van der Waals surface area contributed by atoms with Crippen LogP contribution in [0.3, 0.4) is 0 Å². The molecule has 0 aliphatic carbocycles. The van der Waals surface area contributed by atoms with Crippen LogP contribution in [0.4, 0.5) is 0 Å². The van der Waals surface area contributed by atoms with Crippen LogP contribution in [0.2, 0.25) is 0 Å². The van der Waals surface area contributed by atoms with Crippen LogP contribution in [0.25, 0.3) is 0 Å². The minimum absolute atomic E-state index is 0.263. The molecule has 168 valence electrons. The molecule has 0 bridgehead atoms. The Morgan fingerprint density at radius 1 is 0.688 bits per heavy atom. The van der Waals surface area contributed by atoms with Crippen molar-refractivity contribution in [1.29, 1.82) is 0 Å². The molecule has 0 spiro atoms. The van der Waals surface area contributed by atoms with Crippen LogP contribution in [0.5, 0.6) is 0 Å². The molecule has 1 fully saturated rings. The summed E-state index contributed by atoms with van der Waals surface area (Å²) in [5.41, 5.74) is 4.25. The summed E-state index contributed by atoms with van der Waals surface area (Å²) in [7, 11) is 0. The number of hydrogen-bond donors (Lipinski definition) is 0. The zero-order valence-corrected chi connectivity index (χ0v) is 20.1. The van der Waals surface area contributed by atoms with Crippen LogP contribution in [0.1, 0.15) is 75.5 Å². The zero-order chi connectivity index (χ0) is 22.5. The van der Waals surface area contributed by atoms with E-state index in [1.807, 2.05) is 0 Å². The van der Waals surface area contributed by atoms with Gasteiger partial charge >= 0.3 is 0 Å². The summed E-state index contributed by atoms with van der Waals surface area (Å²) in [5, 5.41) is 0. The van der Waals surface area contributed by atoms with Crippen molar-refractivity contribution in [3.05, 3.63) is 108 Å². The first-order valence-corrected chi connectivity index (χ1v) is 12.3. The highest BCUT2D eigenvalue weighted by molar-refractivity contribution is 5.27. The molecular weight excluding hydrogens is 388 g/mol. The molecule has 1 heterocycles. The Kier molecular flexibility index (Phi) is 7.44. The lowest BCUT2D eigenvalue weighted by Crippen LogP contribution is -2.40. The molecule has 32 heavy (non-hydrogen) atoms. The molecule has 0 amide bonds. The van der Waals surface area contributed by atoms with Gasteiger partial charge < -0.3 is 0 Å². The second-order valence-corrected chi connectivity index (χ2v) is 9.41. The molecule has 1 unspecified atom stereocenters. The second-order valence-electron chi connectivity index (χ2n) is 9.41. The van der Waals surface area contributed by atoms with Gasteiger partial charge in [-0.25, -0.2) is 0 Å². The van der Waals surface area contributed by atoms with E-state index in [1.54, 1.807) is 0 Å². The van der Waals surface area contributed by atoms with Crippen molar-refractivity contribution in [1.82, 2.24) is 9.80 Å². The summed E-state index contributed by atoms with van der Waals surface area (Å²) in [6.45, 7) is 10.6. The number of benzene rings is 3. The number of rotatable bonds is 8. The van der Waals surface area contributed by atoms with Gasteiger partial charge in [0.1, 0.15) is 0 Å². The van der Waals surface area contributed by atoms with Crippen molar-refractivity contribution in [2.45, 2.75) is 64.8 Å². The lowest BCUT2D eigenvalue weighted by molar-refractivity contribution is 0.0427. The molecule has 3 aromatic carbocycles. The average Bonchev–Trinajstić information content (AvgIpc) is 3.22. The summed E-state index contributed by atoms with van der Waals surface area (Å²) in [5.74, 6) is 0.581. The van der Waals surface area contributed by atoms with Crippen LogP contribution in [0, 0.1) is 5.92 Å². The van der Waals surface area contributed by atoms with Crippen LogP contribution >= 0.6 is 0 Å². The van der Waals surface area contributed by atoms with Crippen molar-refractivity contribution < 1.29 is 0 Å². The maximum absolute atomic E-state index is 2.83. The monoisotopic (exact) mass is 426 g/mol. The third-order valence-corrected chi connectivity index (χ3v) is 7.15. The highest BCUT2D eigenvalue weighted by Gasteiger charge is 2.46. The molecule has 0 aromatic heterocycles.